The van der Waals surface area contributed by atoms with E-state index in [1.54, 1.807) is 46.4 Å². The number of carbonyl (C=O) groups is 2. The summed E-state index contributed by atoms with van der Waals surface area (Å²) in [5.74, 6) is 0.466. The van der Waals surface area contributed by atoms with E-state index in [1.807, 2.05) is 6.07 Å². The van der Waals surface area contributed by atoms with E-state index in [0.29, 0.717) is 5.75 Å². The Morgan fingerprint density at radius 2 is 1.75 bits per heavy atom. The molecule has 1 N–H and O–H groups in total. The molecule has 1 aromatic rings. The third-order valence-corrected chi connectivity index (χ3v) is 2.64. The Hall–Kier alpha value is -2.24. The standard InChI is InChI=1S/C14H21N3O3/c1-16(2)13(18)9-15-11-6-5-7-12(8-11)20-10-14(19)17(3)4/h5-8,15H,9-10H2,1-4H3. The van der Waals surface area contributed by atoms with Crippen LogP contribution in [0, 0.1) is 0 Å². The first-order valence-corrected chi connectivity index (χ1v) is 6.27. The number of nitrogens with one attached hydrogen (secondary N) is 1. The highest BCUT2D eigenvalue weighted by molar-refractivity contribution is 5.80. The molecule has 0 saturated carbocycles. The van der Waals surface area contributed by atoms with Gasteiger partial charge in [0.25, 0.3) is 5.91 Å². The highest BCUT2D eigenvalue weighted by atomic mass is 16.5. The smallest absolute Gasteiger partial charge is 0.259 e. The van der Waals surface area contributed by atoms with Crippen molar-refractivity contribution in [2.24, 2.45) is 0 Å². The normalized spacial score (nSPS) is 9.80. The number of anilines is 1. The summed E-state index contributed by atoms with van der Waals surface area (Å²) in [5.41, 5.74) is 0.773. The van der Waals surface area contributed by atoms with E-state index < -0.39 is 0 Å². The number of likely N-dealkylation sites (N-methyl/N-ethyl adjacent to an activating group) is 2. The maximum absolute atomic E-state index is 11.5. The van der Waals surface area contributed by atoms with Crippen LogP contribution in [0.15, 0.2) is 24.3 Å². The Balaban J connectivity index is 2.53. The maximum atomic E-state index is 11.5. The molecule has 20 heavy (non-hydrogen) atoms. The number of benzene rings is 1. The minimum absolute atomic E-state index is 0.00686. The zero-order valence-corrected chi connectivity index (χ0v) is 12.3. The average Bonchev–Trinajstić information content (AvgIpc) is 2.42. The van der Waals surface area contributed by atoms with Gasteiger partial charge in [-0.25, -0.2) is 0 Å². The molecular weight excluding hydrogens is 258 g/mol. The second kappa shape index (κ2) is 7.37. The molecule has 0 unspecified atom stereocenters. The summed E-state index contributed by atoms with van der Waals surface area (Å²) in [5, 5.41) is 3.01. The van der Waals surface area contributed by atoms with Gasteiger partial charge in [-0.3, -0.25) is 9.59 Å². The fraction of sp³-hybridized carbons (Fsp3) is 0.429. The van der Waals surface area contributed by atoms with E-state index in [0.717, 1.165) is 5.69 Å². The van der Waals surface area contributed by atoms with E-state index in [2.05, 4.69) is 5.32 Å². The number of carbonyl (C=O) groups excluding carboxylic acids is 2. The lowest BCUT2D eigenvalue weighted by Gasteiger charge is -2.13. The van der Waals surface area contributed by atoms with Crippen LogP contribution in [-0.2, 0) is 9.59 Å². The molecule has 0 heterocycles. The van der Waals surface area contributed by atoms with Crippen LogP contribution in [0.1, 0.15) is 0 Å². The second-order valence-corrected chi connectivity index (χ2v) is 4.75. The topological polar surface area (TPSA) is 61.9 Å². The van der Waals surface area contributed by atoms with Crippen LogP contribution in [0.3, 0.4) is 0 Å². The molecule has 0 spiro atoms. The van der Waals surface area contributed by atoms with Gasteiger partial charge < -0.3 is 19.9 Å². The van der Waals surface area contributed by atoms with E-state index in [4.69, 9.17) is 4.74 Å². The highest BCUT2D eigenvalue weighted by Gasteiger charge is 2.06. The van der Waals surface area contributed by atoms with Gasteiger partial charge in [0.15, 0.2) is 6.61 Å². The molecule has 6 heteroatoms. The zero-order valence-electron chi connectivity index (χ0n) is 12.3. The molecule has 0 saturated heterocycles. The van der Waals surface area contributed by atoms with Gasteiger partial charge in [0.1, 0.15) is 5.75 Å². The summed E-state index contributed by atoms with van der Waals surface area (Å²) in [6.07, 6.45) is 0. The number of nitrogens with zero attached hydrogens (tertiary/aromatic N) is 2. The molecule has 0 aliphatic rings. The van der Waals surface area contributed by atoms with Crippen molar-refractivity contribution in [1.82, 2.24) is 9.80 Å². The van der Waals surface area contributed by atoms with E-state index in [1.165, 1.54) is 9.80 Å². The number of amides is 2. The lowest BCUT2D eigenvalue weighted by atomic mass is 10.3. The van der Waals surface area contributed by atoms with Gasteiger partial charge in [-0.1, -0.05) is 6.07 Å². The Morgan fingerprint density at radius 1 is 1.10 bits per heavy atom. The number of rotatable bonds is 6. The minimum atomic E-state index is -0.105. The van der Waals surface area contributed by atoms with Crippen molar-refractivity contribution in [2.75, 3.05) is 46.7 Å². The molecule has 6 nitrogen and oxygen atoms in total. The van der Waals surface area contributed by atoms with Crippen LogP contribution in [0.25, 0.3) is 0 Å². The van der Waals surface area contributed by atoms with Gasteiger partial charge >= 0.3 is 0 Å². The molecule has 1 rings (SSSR count). The summed E-state index contributed by atoms with van der Waals surface area (Å²) in [4.78, 5) is 25.9. The predicted octanol–water partition coefficient (Wildman–Crippen LogP) is 0.654. The van der Waals surface area contributed by atoms with E-state index >= 15 is 0 Å². The van der Waals surface area contributed by atoms with Gasteiger partial charge in [-0.2, -0.15) is 0 Å². The molecule has 0 aliphatic carbocycles. The van der Waals surface area contributed by atoms with Crippen molar-refractivity contribution < 1.29 is 14.3 Å². The first-order chi connectivity index (χ1) is 9.40. The Morgan fingerprint density at radius 3 is 2.35 bits per heavy atom. The predicted molar refractivity (Wildman–Crippen MR) is 77.8 cm³/mol. The van der Waals surface area contributed by atoms with Gasteiger partial charge in [0.2, 0.25) is 5.91 Å². The zero-order chi connectivity index (χ0) is 15.1. The highest BCUT2D eigenvalue weighted by Crippen LogP contribution is 2.17. The van der Waals surface area contributed by atoms with Crippen LogP contribution in [-0.4, -0.2) is 63.0 Å². The number of ether oxygens (including phenoxy) is 1. The van der Waals surface area contributed by atoms with Crippen LogP contribution in [0.4, 0.5) is 5.69 Å². The van der Waals surface area contributed by atoms with Crippen LogP contribution in [0.2, 0.25) is 0 Å². The van der Waals surface area contributed by atoms with Crippen molar-refractivity contribution in [3.8, 4) is 5.75 Å². The first-order valence-electron chi connectivity index (χ1n) is 6.27. The van der Waals surface area contributed by atoms with Gasteiger partial charge in [0, 0.05) is 39.9 Å². The molecule has 110 valence electrons. The fourth-order valence-electron chi connectivity index (χ4n) is 1.31. The molecular formula is C14H21N3O3. The molecule has 0 aromatic heterocycles. The third kappa shape index (κ3) is 5.17. The second-order valence-electron chi connectivity index (χ2n) is 4.75. The minimum Gasteiger partial charge on any atom is -0.484 e. The van der Waals surface area contributed by atoms with Crippen LogP contribution < -0.4 is 10.1 Å². The number of hydrogen-bond acceptors (Lipinski definition) is 4. The first kappa shape index (κ1) is 15.8. The van der Waals surface area contributed by atoms with Gasteiger partial charge in [-0.05, 0) is 12.1 Å². The largest absolute Gasteiger partial charge is 0.484 e. The molecule has 0 fully saturated rings. The van der Waals surface area contributed by atoms with E-state index in [9.17, 15) is 9.59 Å². The fourth-order valence-corrected chi connectivity index (χ4v) is 1.31. The average molecular weight is 279 g/mol. The van der Waals surface area contributed by atoms with Crippen molar-refractivity contribution in [3.05, 3.63) is 24.3 Å². The molecule has 0 atom stereocenters. The summed E-state index contributed by atoms with van der Waals surface area (Å²) in [6.45, 7) is 0.208. The van der Waals surface area contributed by atoms with Crippen molar-refractivity contribution in [3.63, 3.8) is 0 Å². The Labute approximate surface area is 119 Å². The lowest BCUT2D eigenvalue weighted by molar-refractivity contribution is -0.130. The van der Waals surface area contributed by atoms with Crippen molar-refractivity contribution >= 4 is 17.5 Å². The molecule has 2 amide bonds. The Bertz CT molecular complexity index is 433. The Kier molecular flexibility index (Phi) is 5.83. The molecule has 0 radical (unpaired) electrons. The van der Waals surface area contributed by atoms with Crippen molar-refractivity contribution in [1.29, 1.82) is 0 Å². The summed E-state index contributed by atoms with van der Waals surface area (Å²) < 4.78 is 5.40. The van der Waals surface area contributed by atoms with E-state index in [-0.39, 0.29) is 25.0 Å². The quantitative estimate of drug-likeness (QED) is 0.830. The monoisotopic (exact) mass is 279 g/mol. The van der Waals surface area contributed by atoms with Crippen LogP contribution >= 0.6 is 0 Å². The summed E-state index contributed by atoms with van der Waals surface area (Å²) in [6, 6.07) is 7.16. The van der Waals surface area contributed by atoms with Gasteiger partial charge in [-0.15, -0.1) is 0 Å². The number of hydrogen-bond donors (Lipinski definition) is 1. The van der Waals surface area contributed by atoms with Crippen molar-refractivity contribution in [2.45, 2.75) is 0 Å². The third-order valence-electron chi connectivity index (χ3n) is 2.64. The molecule has 0 aliphatic heterocycles. The SMILES string of the molecule is CN(C)C(=O)CNc1cccc(OCC(=O)N(C)C)c1. The molecule has 1 aromatic carbocycles. The summed E-state index contributed by atoms with van der Waals surface area (Å²) in [7, 11) is 6.76. The maximum Gasteiger partial charge on any atom is 0.259 e. The van der Waals surface area contributed by atoms with Gasteiger partial charge in [0.05, 0.1) is 6.54 Å². The molecule has 0 bridgehead atoms. The van der Waals surface area contributed by atoms with Crippen LogP contribution in [0.5, 0.6) is 5.75 Å². The summed E-state index contributed by atoms with van der Waals surface area (Å²) >= 11 is 0. The lowest BCUT2D eigenvalue weighted by Crippen LogP contribution is -2.28.